The van der Waals surface area contributed by atoms with E-state index in [0.29, 0.717) is 24.7 Å². The number of esters is 1. The quantitative estimate of drug-likeness (QED) is 0.696. The zero-order chi connectivity index (χ0) is 14.6. The van der Waals surface area contributed by atoms with Crippen molar-refractivity contribution in [3.8, 4) is 0 Å². The number of likely N-dealkylation sites (tertiary alicyclic amines) is 1. The number of hydrogen-bond donors (Lipinski definition) is 0. The molecule has 0 aromatic carbocycles. The molecule has 1 aliphatic heterocycles. The number of ether oxygens (including phenoxy) is 1. The molecule has 1 heterocycles. The SMILES string of the molecule is COC(=O)C1CCC(=O)N1C(CC(C)C)CC(C)C. The number of carbonyl (C=O) groups excluding carboxylic acids is 2. The standard InChI is InChI=1S/C15H27NO3/c1-10(2)8-12(9-11(3)4)16-13(15(18)19-5)6-7-14(16)17/h10-13H,6-9H2,1-5H3. The molecule has 0 radical (unpaired) electrons. The Balaban J connectivity index is 2.89. The van der Waals surface area contributed by atoms with Crippen molar-refractivity contribution in [1.82, 2.24) is 4.90 Å². The Kier molecular flexibility index (Phi) is 5.83. The summed E-state index contributed by atoms with van der Waals surface area (Å²) in [5, 5.41) is 0. The molecule has 4 heteroatoms. The molecule has 1 unspecified atom stereocenters. The molecular weight excluding hydrogens is 242 g/mol. The van der Waals surface area contributed by atoms with Gasteiger partial charge in [0.25, 0.3) is 0 Å². The van der Waals surface area contributed by atoms with Gasteiger partial charge in [0.15, 0.2) is 0 Å². The molecule has 1 rings (SSSR count). The minimum Gasteiger partial charge on any atom is -0.467 e. The fourth-order valence-electron chi connectivity index (χ4n) is 2.94. The molecule has 0 aromatic heterocycles. The molecule has 0 spiro atoms. The highest BCUT2D eigenvalue weighted by atomic mass is 16.5. The molecule has 4 nitrogen and oxygen atoms in total. The van der Waals surface area contributed by atoms with Crippen LogP contribution in [0.1, 0.15) is 53.4 Å². The van der Waals surface area contributed by atoms with Gasteiger partial charge in [-0.15, -0.1) is 0 Å². The Labute approximate surface area is 116 Å². The van der Waals surface area contributed by atoms with Gasteiger partial charge in [-0.05, 0) is 31.1 Å². The Morgan fingerprint density at radius 2 is 1.79 bits per heavy atom. The minimum absolute atomic E-state index is 0.0988. The number of hydrogen-bond acceptors (Lipinski definition) is 3. The highest BCUT2D eigenvalue weighted by Crippen LogP contribution is 2.29. The minimum atomic E-state index is -0.375. The van der Waals surface area contributed by atoms with E-state index in [1.807, 2.05) is 0 Å². The summed E-state index contributed by atoms with van der Waals surface area (Å²) in [7, 11) is 1.39. The molecule has 19 heavy (non-hydrogen) atoms. The number of methoxy groups -OCH3 is 1. The first kappa shape index (κ1) is 16.0. The average Bonchev–Trinajstić information content (AvgIpc) is 2.68. The monoisotopic (exact) mass is 269 g/mol. The summed E-state index contributed by atoms with van der Waals surface area (Å²) in [6.07, 6.45) is 2.94. The van der Waals surface area contributed by atoms with Crippen LogP contribution in [0.3, 0.4) is 0 Å². The lowest BCUT2D eigenvalue weighted by Crippen LogP contribution is -2.47. The second-order valence-corrected chi connectivity index (χ2v) is 6.29. The molecule has 110 valence electrons. The summed E-state index contributed by atoms with van der Waals surface area (Å²) < 4.78 is 4.84. The highest BCUT2D eigenvalue weighted by Gasteiger charge is 2.40. The lowest BCUT2D eigenvalue weighted by molar-refractivity contribution is -0.151. The molecule has 1 fully saturated rings. The second-order valence-electron chi connectivity index (χ2n) is 6.29. The lowest BCUT2D eigenvalue weighted by Gasteiger charge is -2.34. The fraction of sp³-hybridized carbons (Fsp3) is 0.867. The predicted molar refractivity (Wildman–Crippen MR) is 74.6 cm³/mol. The van der Waals surface area contributed by atoms with E-state index in [1.54, 1.807) is 4.90 Å². The molecule has 0 N–H and O–H groups in total. The van der Waals surface area contributed by atoms with Gasteiger partial charge < -0.3 is 9.64 Å². The van der Waals surface area contributed by atoms with Crippen molar-refractivity contribution < 1.29 is 14.3 Å². The van der Waals surface area contributed by atoms with Gasteiger partial charge in [-0.3, -0.25) is 4.79 Å². The van der Waals surface area contributed by atoms with E-state index in [0.717, 1.165) is 12.8 Å². The Morgan fingerprint density at radius 1 is 1.26 bits per heavy atom. The molecule has 1 amide bonds. The van der Waals surface area contributed by atoms with Crippen LogP contribution < -0.4 is 0 Å². The Hall–Kier alpha value is -1.06. The predicted octanol–water partition coefficient (Wildman–Crippen LogP) is 2.61. The van der Waals surface area contributed by atoms with Crippen LogP contribution in [0, 0.1) is 11.8 Å². The normalized spacial score (nSPS) is 19.9. The van der Waals surface area contributed by atoms with E-state index in [9.17, 15) is 9.59 Å². The molecule has 0 aliphatic carbocycles. The number of rotatable bonds is 6. The zero-order valence-corrected chi connectivity index (χ0v) is 12.8. The topological polar surface area (TPSA) is 46.6 Å². The summed E-state index contributed by atoms with van der Waals surface area (Å²) in [6.45, 7) is 8.62. The van der Waals surface area contributed by atoms with Crippen LogP contribution in [0.5, 0.6) is 0 Å². The summed E-state index contributed by atoms with van der Waals surface area (Å²) in [4.78, 5) is 25.8. The van der Waals surface area contributed by atoms with Gasteiger partial charge in [0, 0.05) is 12.5 Å². The second kappa shape index (κ2) is 6.92. The first-order valence-corrected chi connectivity index (χ1v) is 7.25. The number of amides is 1. The fourth-order valence-corrected chi connectivity index (χ4v) is 2.94. The van der Waals surface area contributed by atoms with E-state index < -0.39 is 0 Å². The maximum Gasteiger partial charge on any atom is 0.328 e. The van der Waals surface area contributed by atoms with E-state index in [1.165, 1.54) is 7.11 Å². The first-order chi connectivity index (χ1) is 8.86. The van der Waals surface area contributed by atoms with E-state index in [-0.39, 0.29) is 24.0 Å². The molecule has 0 bridgehead atoms. The van der Waals surface area contributed by atoms with Crippen LogP contribution in [0.2, 0.25) is 0 Å². The van der Waals surface area contributed by atoms with Crippen LogP contribution in [0.4, 0.5) is 0 Å². The van der Waals surface area contributed by atoms with Gasteiger partial charge in [-0.25, -0.2) is 4.79 Å². The van der Waals surface area contributed by atoms with Crippen molar-refractivity contribution in [3.05, 3.63) is 0 Å². The number of carbonyl (C=O) groups is 2. The third kappa shape index (κ3) is 4.22. The zero-order valence-electron chi connectivity index (χ0n) is 12.8. The van der Waals surface area contributed by atoms with Gasteiger partial charge in [0.2, 0.25) is 5.91 Å². The van der Waals surface area contributed by atoms with Crippen molar-refractivity contribution >= 4 is 11.9 Å². The van der Waals surface area contributed by atoms with Crippen LogP contribution in [0.25, 0.3) is 0 Å². The smallest absolute Gasteiger partial charge is 0.328 e. The van der Waals surface area contributed by atoms with Gasteiger partial charge >= 0.3 is 5.97 Å². The van der Waals surface area contributed by atoms with Crippen molar-refractivity contribution in [1.29, 1.82) is 0 Å². The summed E-state index contributed by atoms with van der Waals surface area (Å²) >= 11 is 0. The van der Waals surface area contributed by atoms with E-state index >= 15 is 0 Å². The van der Waals surface area contributed by atoms with Crippen LogP contribution in [-0.4, -0.2) is 36.0 Å². The first-order valence-electron chi connectivity index (χ1n) is 7.25. The molecule has 1 atom stereocenters. The van der Waals surface area contributed by atoms with Crippen LogP contribution in [-0.2, 0) is 14.3 Å². The molecule has 1 saturated heterocycles. The molecular formula is C15H27NO3. The van der Waals surface area contributed by atoms with E-state index in [2.05, 4.69) is 27.7 Å². The van der Waals surface area contributed by atoms with Gasteiger partial charge in [0.1, 0.15) is 6.04 Å². The largest absolute Gasteiger partial charge is 0.467 e. The Bertz CT molecular complexity index is 315. The number of nitrogens with zero attached hydrogens (tertiary/aromatic N) is 1. The molecule has 1 aliphatic rings. The molecule has 0 aromatic rings. The van der Waals surface area contributed by atoms with Crippen LogP contribution in [0.15, 0.2) is 0 Å². The summed E-state index contributed by atoms with van der Waals surface area (Å²) in [6, 6.07) is -0.223. The average molecular weight is 269 g/mol. The van der Waals surface area contributed by atoms with E-state index in [4.69, 9.17) is 4.74 Å². The highest BCUT2D eigenvalue weighted by molar-refractivity contribution is 5.88. The van der Waals surface area contributed by atoms with Gasteiger partial charge in [-0.1, -0.05) is 27.7 Å². The van der Waals surface area contributed by atoms with Crippen LogP contribution >= 0.6 is 0 Å². The Morgan fingerprint density at radius 3 is 2.21 bits per heavy atom. The summed E-state index contributed by atoms with van der Waals surface area (Å²) in [5.41, 5.74) is 0. The van der Waals surface area contributed by atoms with Crippen molar-refractivity contribution in [2.75, 3.05) is 7.11 Å². The van der Waals surface area contributed by atoms with Gasteiger partial charge in [0.05, 0.1) is 7.11 Å². The van der Waals surface area contributed by atoms with Crippen molar-refractivity contribution in [3.63, 3.8) is 0 Å². The van der Waals surface area contributed by atoms with Crippen molar-refractivity contribution in [2.45, 2.75) is 65.5 Å². The summed E-state index contributed by atoms with van der Waals surface area (Å²) in [5.74, 6) is 0.843. The molecule has 0 saturated carbocycles. The maximum atomic E-state index is 12.1. The van der Waals surface area contributed by atoms with Gasteiger partial charge in [-0.2, -0.15) is 0 Å². The lowest BCUT2D eigenvalue weighted by atomic mass is 9.93. The third-order valence-corrected chi connectivity index (χ3v) is 3.61. The van der Waals surface area contributed by atoms with Crippen molar-refractivity contribution in [2.24, 2.45) is 11.8 Å². The third-order valence-electron chi connectivity index (χ3n) is 3.61. The maximum absolute atomic E-state index is 12.1.